The number of aryl methyl sites for hydroxylation is 1. The second-order valence-corrected chi connectivity index (χ2v) is 9.45. The smallest absolute Gasteiger partial charge is 0.362 e. The molecule has 0 saturated heterocycles. The molecule has 0 unspecified atom stereocenters. The average Bonchev–Trinajstić information content (AvgIpc) is 2.52. The van der Waals surface area contributed by atoms with E-state index in [9.17, 15) is 9.67 Å². The van der Waals surface area contributed by atoms with Crippen molar-refractivity contribution in [3.8, 4) is 11.5 Å². The van der Waals surface area contributed by atoms with Crippen LogP contribution in [-0.2, 0) is 11.0 Å². The quantitative estimate of drug-likeness (QED) is 0.399. The lowest BCUT2D eigenvalue weighted by Crippen LogP contribution is -2.05. The minimum atomic E-state index is -4.22. The van der Waals surface area contributed by atoms with Gasteiger partial charge in [-0.05, 0) is 82.7 Å². The van der Waals surface area contributed by atoms with Crippen LogP contribution < -0.4 is 4.74 Å². The molecule has 0 heterocycles. The lowest BCUT2D eigenvalue weighted by molar-refractivity contribution is 0.298. The van der Waals surface area contributed by atoms with Crippen molar-refractivity contribution >= 4 is 30.2 Å². The second kappa shape index (κ2) is 8.30. The van der Waals surface area contributed by atoms with Crippen LogP contribution in [0.4, 0.5) is 0 Å². The van der Waals surface area contributed by atoms with Crippen molar-refractivity contribution in [3.63, 3.8) is 0 Å². The number of phenols is 1. The molecule has 0 amide bonds. The Kier molecular flexibility index (Phi) is 6.77. The zero-order valence-corrected chi connectivity index (χ0v) is 18.3. The third-order valence-electron chi connectivity index (χ3n) is 4.24. The molecule has 0 saturated carbocycles. The third kappa shape index (κ3) is 5.22. The molecular weight excluding hydrogens is 466 g/mol. The Morgan fingerprint density at radius 3 is 2.42 bits per heavy atom. The highest BCUT2D eigenvalue weighted by Crippen LogP contribution is 2.38. The molecule has 0 bridgehead atoms. The van der Waals surface area contributed by atoms with E-state index in [4.69, 9.17) is 14.5 Å². The summed E-state index contributed by atoms with van der Waals surface area (Å²) in [7, 11) is -4.22. The van der Waals surface area contributed by atoms with Crippen molar-refractivity contribution in [2.24, 2.45) is 0 Å². The molecule has 142 valence electrons. The first-order chi connectivity index (χ1) is 12.0. The van der Waals surface area contributed by atoms with E-state index < -0.39 is 13.9 Å². The Morgan fingerprint density at radius 1 is 1.19 bits per heavy atom. The van der Waals surface area contributed by atoms with Gasteiger partial charge in [-0.2, -0.15) is 0 Å². The summed E-state index contributed by atoms with van der Waals surface area (Å²) in [5.41, 5.74) is 5.01. The Balaban J connectivity index is 2.34. The van der Waals surface area contributed by atoms with Gasteiger partial charge < -0.3 is 19.6 Å². The van der Waals surface area contributed by atoms with Gasteiger partial charge in [0.1, 0.15) is 11.5 Å². The van der Waals surface area contributed by atoms with E-state index in [-0.39, 0.29) is 5.92 Å². The van der Waals surface area contributed by atoms with E-state index in [1.165, 1.54) is 0 Å². The summed E-state index contributed by atoms with van der Waals surface area (Å²) < 4.78 is 17.3. The van der Waals surface area contributed by atoms with Gasteiger partial charge in [0.05, 0.1) is 3.57 Å². The first kappa shape index (κ1) is 21.2. The summed E-state index contributed by atoms with van der Waals surface area (Å²) in [5.74, 6) is 1.07. The predicted octanol–water partition coefficient (Wildman–Crippen LogP) is 4.84. The number of hydrogen-bond acceptors (Lipinski definition) is 3. The first-order valence-corrected chi connectivity index (χ1v) is 11.1. The highest BCUT2D eigenvalue weighted by Gasteiger charge is 2.19. The molecule has 2 aromatic carbocycles. The fourth-order valence-electron chi connectivity index (χ4n) is 2.83. The summed E-state index contributed by atoms with van der Waals surface area (Å²) >= 11 is 2.16. The van der Waals surface area contributed by atoms with E-state index in [0.29, 0.717) is 17.9 Å². The van der Waals surface area contributed by atoms with Gasteiger partial charge >= 0.3 is 7.60 Å². The highest BCUT2D eigenvalue weighted by atomic mass is 127. The van der Waals surface area contributed by atoms with Gasteiger partial charge in [0.25, 0.3) is 0 Å². The van der Waals surface area contributed by atoms with E-state index in [0.717, 1.165) is 31.4 Å². The van der Waals surface area contributed by atoms with Crippen molar-refractivity contribution in [2.75, 3.05) is 6.35 Å². The van der Waals surface area contributed by atoms with Crippen LogP contribution in [0.5, 0.6) is 11.5 Å². The SMILES string of the molecule is Cc1cc(Cc2ccc(O)c(C(C)C)c2)c(C)c(I)c1OCP(=O)(O)O. The van der Waals surface area contributed by atoms with Gasteiger partial charge in [0.15, 0.2) is 6.35 Å². The normalized spacial score (nSPS) is 11.8. The molecule has 0 aliphatic carbocycles. The Labute approximate surface area is 167 Å². The molecule has 0 aliphatic heterocycles. The number of halogens is 1. The lowest BCUT2D eigenvalue weighted by Gasteiger charge is -2.17. The molecule has 0 aliphatic rings. The maximum atomic E-state index is 11.1. The maximum Gasteiger partial charge on any atom is 0.362 e. The molecule has 7 heteroatoms. The molecule has 0 atom stereocenters. The fourth-order valence-corrected chi connectivity index (χ4v) is 4.05. The van der Waals surface area contributed by atoms with Crippen LogP contribution in [0.2, 0.25) is 0 Å². The lowest BCUT2D eigenvalue weighted by atomic mass is 9.94. The monoisotopic (exact) mass is 490 g/mol. The number of rotatable bonds is 6. The summed E-state index contributed by atoms with van der Waals surface area (Å²) in [6.07, 6.45) is 0.0831. The van der Waals surface area contributed by atoms with E-state index in [1.807, 2.05) is 45.9 Å². The van der Waals surface area contributed by atoms with Crippen molar-refractivity contribution in [2.45, 2.75) is 40.0 Å². The van der Waals surface area contributed by atoms with Gasteiger partial charge in [0, 0.05) is 0 Å². The van der Waals surface area contributed by atoms with Gasteiger partial charge in [0.2, 0.25) is 0 Å². The minimum Gasteiger partial charge on any atom is -0.508 e. The number of benzene rings is 2. The maximum absolute atomic E-state index is 11.1. The molecule has 2 aromatic rings. The molecule has 0 fully saturated rings. The molecule has 26 heavy (non-hydrogen) atoms. The van der Waals surface area contributed by atoms with Crippen LogP contribution in [0.3, 0.4) is 0 Å². The van der Waals surface area contributed by atoms with E-state index in [2.05, 4.69) is 22.6 Å². The van der Waals surface area contributed by atoms with Crippen molar-refractivity contribution in [1.29, 1.82) is 0 Å². The van der Waals surface area contributed by atoms with Crippen LogP contribution in [0, 0.1) is 17.4 Å². The summed E-state index contributed by atoms with van der Waals surface area (Å²) in [5, 5.41) is 9.99. The van der Waals surface area contributed by atoms with Gasteiger partial charge in [-0.3, -0.25) is 4.57 Å². The molecule has 0 spiro atoms. The predicted molar refractivity (Wildman–Crippen MR) is 111 cm³/mol. The molecule has 5 nitrogen and oxygen atoms in total. The standard InChI is InChI=1S/C19H24IO5P/c1-11(2)16-9-14(5-6-17(16)21)8-15-7-12(3)19(18(20)13(15)4)25-10-26(22,23)24/h5-7,9,11,21H,8,10H2,1-4H3,(H2,22,23,24). The first-order valence-electron chi connectivity index (χ1n) is 8.27. The second-order valence-electron chi connectivity index (χ2n) is 6.78. The zero-order valence-electron chi connectivity index (χ0n) is 15.3. The fraction of sp³-hybridized carbons (Fsp3) is 0.368. The largest absolute Gasteiger partial charge is 0.508 e. The summed E-state index contributed by atoms with van der Waals surface area (Å²) in [6, 6.07) is 7.67. The highest BCUT2D eigenvalue weighted by molar-refractivity contribution is 14.1. The number of ether oxygens (including phenoxy) is 1. The number of hydrogen-bond donors (Lipinski definition) is 3. The van der Waals surface area contributed by atoms with Gasteiger partial charge in [-0.15, -0.1) is 0 Å². The Hall–Kier alpha value is -1.08. The molecule has 0 radical (unpaired) electrons. The summed E-state index contributed by atoms with van der Waals surface area (Å²) in [6.45, 7) is 7.94. The zero-order chi connectivity index (χ0) is 19.6. The van der Waals surface area contributed by atoms with Gasteiger partial charge in [-0.1, -0.05) is 32.0 Å². The van der Waals surface area contributed by atoms with Crippen LogP contribution in [-0.4, -0.2) is 21.2 Å². The van der Waals surface area contributed by atoms with Crippen molar-refractivity contribution in [1.82, 2.24) is 0 Å². The van der Waals surface area contributed by atoms with E-state index >= 15 is 0 Å². The topological polar surface area (TPSA) is 87.0 Å². The molecule has 0 aromatic heterocycles. The van der Waals surface area contributed by atoms with E-state index in [1.54, 1.807) is 6.07 Å². The Morgan fingerprint density at radius 2 is 1.85 bits per heavy atom. The Bertz CT molecular complexity index is 857. The molecule has 3 N–H and O–H groups in total. The number of aromatic hydroxyl groups is 1. The average molecular weight is 490 g/mol. The third-order valence-corrected chi connectivity index (χ3v) is 6.01. The van der Waals surface area contributed by atoms with Crippen LogP contribution in [0.15, 0.2) is 24.3 Å². The van der Waals surface area contributed by atoms with Crippen molar-refractivity contribution < 1.29 is 24.2 Å². The summed E-state index contributed by atoms with van der Waals surface area (Å²) in [4.78, 5) is 18.1. The van der Waals surface area contributed by atoms with Crippen LogP contribution in [0.1, 0.15) is 47.6 Å². The van der Waals surface area contributed by atoms with Crippen LogP contribution in [0.25, 0.3) is 0 Å². The van der Waals surface area contributed by atoms with Crippen molar-refractivity contribution in [3.05, 3.63) is 55.7 Å². The van der Waals surface area contributed by atoms with Crippen LogP contribution >= 0.6 is 30.2 Å². The molecular formula is C19H24IO5P. The number of phenolic OH excluding ortho intramolecular Hbond substituents is 1. The molecule has 2 rings (SSSR count). The minimum absolute atomic E-state index is 0.237. The van der Waals surface area contributed by atoms with Gasteiger partial charge in [-0.25, -0.2) is 0 Å².